The second kappa shape index (κ2) is 8.70. The van der Waals surface area contributed by atoms with Crippen LogP contribution in [0.15, 0.2) is 60.2 Å². The summed E-state index contributed by atoms with van der Waals surface area (Å²) in [6, 6.07) is 13.3. The molecule has 1 N–H and O–H groups in total. The first kappa shape index (κ1) is 23.2. The van der Waals surface area contributed by atoms with Crippen molar-refractivity contribution in [1.82, 2.24) is 4.98 Å². The van der Waals surface area contributed by atoms with Gasteiger partial charge in [-0.15, -0.1) is 0 Å². The van der Waals surface area contributed by atoms with Gasteiger partial charge in [0.15, 0.2) is 16.6 Å². The summed E-state index contributed by atoms with van der Waals surface area (Å²) >= 11 is 1.24. The van der Waals surface area contributed by atoms with Gasteiger partial charge in [-0.25, -0.2) is 9.37 Å². The lowest BCUT2D eigenvalue weighted by Gasteiger charge is -2.23. The summed E-state index contributed by atoms with van der Waals surface area (Å²) in [6.07, 6.45) is 0. The number of anilines is 1. The van der Waals surface area contributed by atoms with Crippen LogP contribution in [0.5, 0.6) is 11.5 Å². The van der Waals surface area contributed by atoms with Crippen molar-refractivity contribution in [3.05, 3.63) is 88.2 Å². The first-order valence-electron chi connectivity index (χ1n) is 11.7. The summed E-state index contributed by atoms with van der Waals surface area (Å²) < 4.78 is 27.2. The first-order chi connectivity index (χ1) is 17.8. The number of aliphatic hydroxyl groups excluding tert-OH is 1. The second-order valence-corrected chi connectivity index (χ2v) is 9.98. The van der Waals surface area contributed by atoms with E-state index in [4.69, 9.17) is 9.47 Å². The Balaban J connectivity index is 1.56. The molecule has 37 heavy (non-hydrogen) atoms. The third-order valence-corrected chi connectivity index (χ3v) is 7.49. The Bertz CT molecular complexity index is 1640. The number of rotatable bonds is 3. The van der Waals surface area contributed by atoms with Gasteiger partial charge in [-0.3, -0.25) is 14.5 Å². The van der Waals surface area contributed by atoms with E-state index in [1.807, 2.05) is 26.0 Å². The van der Waals surface area contributed by atoms with Crippen molar-refractivity contribution in [1.29, 1.82) is 0 Å². The van der Waals surface area contributed by atoms with E-state index in [9.17, 15) is 14.7 Å². The molecule has 1 saturated heterocycles. The highest BCUT2D eigenvalue weighted by molar-refractivity contribution is 7.22. The van der Waals surface area contributed by atoms with Gasteiger partial charge in [-0.1, -0.05) is 35.6 Å². The fraction of sp³-hybridized carbons (Fsp3) is 0.179. The molecule has 0 aliphatic carbocycles. The molecule has 1 amide bonds. The molecular formula is C28H21FN2O5S. The fourth-order valence-electron chi connectivity index (χ4n) is 4.83. The van der Waals surface area contributed by atoms with Crippen molar-refractivity contribution in [3.8, 4) is 11.5 Å². The lowest BCUT2D eigenvalue weighted by atomic mass is 9.95. The molecule has 2 aliphatic heterocycles. The molecule has 0 bridgehead atoms. The number of ether oxygens (including phenoxy) is 2. The number of hydrogen-bond donors (Lipinski definition) is 1. The van der Waals surface area contributed by atoms with Crippen molar-refractivity contribution in [3.63, 3.8) is 0 Å². The van der Waals surface area contributed by atoms with Crippen LogP contribution in [-0.2, 0) is 9.59 Å². The smallest absolute Gasteiger partial charge is 0.301 e. The molecular weight excluding hydrogens is 495 g/mol. The molecule has 1 atom stereocenters. The highest BCUT2D eigenvalue weighted by Crippen LogP contribution is 2.46. The van der Waals surface area contributed by atoms with Crippen LogP contribution < -0.4 is 14.4 Å². The molecule has 9 heteroatoms. The van der Waals surface area contributed by atoms with Crippen molar-refractivity contribution < 1.29 is 28.6 Å². The van der Waals surface area contributed by atoms with Gasteiger partial charge in [0.2, 0.25) is 0 Å². The normalized spacial score (nSPS) is 18.6. The third kappa shape index (κ3) is 3.74. The maximum Gasteiger partial charge on any atom is 0.301 e. The highest BCUT2D eigenvalue weighted by Gasteiger charge is 2.49. The summed E-state index contributed by atoms with van der Waals surface area (Å²) in [5, 5.41) is 11.6. The Morgan fingerprint density at radius 1 is 1.05 bits per heavy atom. The maximum absolute atomic E-state index is 15.2. The Morgan fingerprint density at radius 3 is 2.59 bits per heavy atom. The first-order valence-corrected chi connectivity index (χ1v) is 12.5. The van der Waals surface area contributed by atoms with Crippen LogP contribution in [0.3, 0.4) is 0 Å². The average molecular weight is 517 g/mol. The van der Waals surface area contributed by atoms with Gasteiger partial charge in [0, 0.05) is 11.1 Å². The number of aryl methyl sites for hydroxylation is 2. The molecule has 7 nitrogen and oxygen atoms in total. The Hall–Kier alpha value is -4.24. The highest BCUT2D eigenvalue weighted by atomic mass is 32.1. The van der Waals surface area contributed by atoms with Crippen LogP contribution in [0.1, 0.15) is 28.3 Å². The fourth-order valence-corrected chi connectivity index (χ4v) is 6.00. The number of carbonyl (C=O) groups is 2. The molecule has 0 radical (unpaired) electrons. The molecule has 0 saturated carbocycles. The number of ketones is 1. The van der Waals surface area contributed by atoms with Gasteiger partial charge in [0.1, 0.15) is 30.8 Å². The van der Waals surface area contributed by atoms with Gasteiger partial charge in [0.05, 0.1) is 15.8 Å². The molecule has 0 unspecified atom stereocenters. The monoisotopic (exact) mass is 516 g/mol. The number of hydrogen-bond acceptors (Lipinski definition) is 7. The zero-order chi connectivity index (χ0) is 25.8. The van der Waals surface area contributed by atoms with Crippen molar-refractivity contribution in [2.45, 2.75) is 19.9 Å². The summed E-state index contributed by atoms with van der Waals surface area (Å²) in [5.74, 6) is -1.94. The number of nitrogens with zero attached hydrogens (tertiary/aromatic N) is 2. The summed E-state index contributed by atoms with van der Waals surface area (Å²) in [4.78, 5) is 32.7. The lowest BCUT2D eigenvalue weighted by Crippen LogP contribution is -2.29. The van der Waals surface area contributed by atoms with Crippen LogP contribution >= 0.6 is 11.3 Å². The van der Waals surface area contributed by atoms with E-state index in [0.717, 1.165) is 15.8 Å². The number of aliphatic hydroxyl groups is 1. The summed E-state index contributed by atoms with van der Waals surface area (Å²) in [6.45, 7) is 4.62. The summed E-state index contributed by atoms with van der Waals surface area (Å²) in [7, 11) is 0. The van der Waals surface area contributed by atoms with E-state index >= 15 is 4.39 Å². The number of Topliss-reactive ketones (excluding diaryl/α,β-unsaturated/α-hetero) is 1. The zero-order valence-electron chi connectivity index (χ0n) is 19.9. The van der Waals surface area contributed by atoms with Crippen LogP contribution in [0.2, 0.25) is 0 Å². The molecule has 3 heterocycles. The van der Waals surface area contributed by atoms with Crippen molar-refractivity contribution in [2.75, 3.05) is 18.1 Å². The number of carbonyl (C=O) groups excluding carboxylic acids is 2. The zero-order valence-corrected chi connectivity index (χ0v) is 20.8. The van der Waals surface area contributed by atoms with Crippen LogP contribution in [0, 0.1) is 19.7 Å². The Labute approximate surface area is 215 Å². The maximum atomic E-state index is 15.2. The number of fused-ring (bicyclic) bond motifs is 2. The largest absolute Gasteiger partial charge is 0.507 e. The molecule has 186 valence electrons. The van der Waals surface area contributed by atoms with Gasteiger partial charge < -0.3 is 14.6 Å². The SMILES string of the molecule is Cc1cc(C)c2nc(N3C(=O)C(=O)C(=C(O)c4ccc5c(c4)OCCO5)[C@@H]3c3ccccc3F)sc2c1. The molecule has 6 rings (SSSR count). The number of halogens is 1. The van der Waals surface area contributed by atoms with Crippen molar-refractivity contribution in [2.24, 2.45) is 0 Å². The molecule has 3 aromatic carbocycles. The minimum atomic E-state index is -1.21. The molecule has 2 aliphatic rings. The minimum Gasteiger partial charge on any atom is -0.507 e. The second-order valence-electron chi connectivity index (χ2n) is 8.97. The van der Waals surface area contributed by atoms with E-state index < -0.39 is 29.3 Å². The van der Waals surface area contributed by atoms with Gasteiger partial charge in [-0.05, 0) is 55.3 Å². The number of aromatic nitrogens is 1. The van der Waals surface area contributed by atoms with Crippen LogP contribution in [0.4, 0.5) is 9.52 Å². The standard InChI is InChI=1S/C28H21FN2O5S/c1-14-11-15(2)23-21(12-14)37-28(30-23)31-24(17-5-3-4-6-18(17)29)22(26(33)27(31)34)25(32)16-7-8-19-20(13-16)36-10-9-35-19/h3-8,11-13,24,32H,9-10H2,1-2H3/t24-/m0/s1. The third-order valence-electron chi connectivity index (χ3n) is 6.48. The number of amides is 1. The molecule has 4 aromatic rings. The predicted molar refractivity (Wildman–Crippen MR) is 138 cm³/mol. The van der Waals surface area contributed by atoms with E-state index in [2.05, 4.69) is 4.98 Å². The minimum absolute atomic E-state index is 0.0768. The van der Waals surface area contributed by atoms with Crippen molar-refractivity contribution >= 4 is 44.1 Å². The Kier molecular flexibility index (Phi) is 5.45. The molecule has 1 aromatic heterocycles. The predicted octanol–water partition coefficient (Wildman–Crippen LogP) is 5.45. The van der Waals surface area contributed by atoms with E-state index in [1.165, 1.54) is 34.4 Å². The van der Waals surface area contributed by atoms with Crippen LogP contribution in [-0.4, -0.2) is 35.0 Å². The van der Waals surface area contributed by atoms with Gasteiger partial charge in [0.25, 0.3) is 5.78 Å². The van der Waals surface area contributed by atoms with E-state index in [0.29, 0.717) is 30.2 Å². The van der Waals surface area contributed by atoms with Gasteiger partial charge in [-0.2, -0.15) is 0 Å². The van der Waals surface area contributed by atoms with Crippen LogP contribution in [0.25, 0.3) is 16.0 Å². The summed E-state index contributed by atoms with van der Waals surface area (Å²) in [5.41, 5.74) is 2.76. The molecule has 0 spiro atoms. The lowest BCUT2D eigenvalue weighted by molar-refractivity contribution is -0.132. The molecule has 1 fully saturated rings. The van der Waals surface area contributed by atoms with E-state index in [-0.39, 0.29) is 21.8 Å². The topological polar surface area (TPSA) is 89.0 Å². The van der Waals surface area contributed by atoms with E-state index in [1.54, 1.807) is 24.3 Å². The van der Waals surface area contributed by atoms with Gasteiger partial charge >= 0.3 is 5.91 Å². The Morgan fingerprint density at radius 2 is 1.81 bits per heavy atom. The quantitative estimate of drug-likeness (QED) is 0.221. The number of benzene rings is 3. The average Bonchev–Trinajstić information content (AvgIpc) is 3.42. The number of thiazole rings is 1.